The summed E-state index contributed by atoms with van der Waals surface area (Å²) in [5, 5.41) is 13.3. The van der Waals surface area contributed by atoms with Crippen LogP contribution in [0, 0.1) is 12.8 Å². The van der Waals surface area contributed by atoms with Crippen molar-refractivity contribution in [2.75, 3.05) is 16.4 Å². The molecule has 0 radical (unpaired) electrons. The van der Waals surface area contributed by atoms with Crippen LogP contribution in [0.5, 0.6) is 0 Å². The Morgan fingerprint density at radius 3 is 2.54 bits per heavy atom. The monoisotopic (exact) mass is 515 g/mol. The number of hydrogen-bond donors (Lipinski definition) is 4. The molecule has 188 valence electrons. The molecule has 11 heteroatoms. The summed E-state index contributed by atoms with van der Waals surface area (Å²) in [6.07, 6.45) is 1.89. The molecule has 37 heavy (non-hydrogen) atoms. The molecular weight excluding hydrogens is 490 g/mol. The lowest BCUT2D eigenvalue weighted by atomic mass is 10.2. The van der Waals surface area contributed by atoms with E-state index >= 15 is 0 Å². The van der Waals surface area contributed by atoms with Gasteiger partial charge in [-0.3, -0.25) is 9.89 Å². The second-order valence-corrected chi connectivity index (χ2v) is 9.67. The van der Waals surface area contributed by atoms with Crippen molar-refractivity contribution < 1.29 is 14.3 Å². The summed E-state index contributed by atoms with van der Waals surface area (Å²) >= 11 is 1.25. The van der Waals surface area contributed by atoms with Gasteiger partial charge in [0, 0.05) is 28.3 Å². The first-order valence-corrected chi connectivity index (χ1v) is 12.5. The molecule has 1 fully saturated rings. The minimum Gasteiger partial charge on any atom is -0.456 e. The summed E-state index contributed by atoms with van der Waals surface area (Å²) < 4.78 is 5.48. The molecule has 0 saturated heterocycles. The molecule has 5 N–H and O–H groups in total. The fourth-order valence-electron chi connectivity index (χ4n) is 3.44. The van der Waals surface area contributed by atoms with Crippen molar-refractivity contribution in [2.45, 2.75) is 36.4 Å². The number of nitrogen functional groups attached to an aromatic ring is 1. The van der Waals surface area contributed by atoms with E-state index in [0.29, 0.717) is 11.0 Å². The molecule has 1 aliphatic rings. The average Bonchev–Trinajstić information content (AvgIpc) is 3.68. The first kappa shape index (κ1) is 24.3. The van der Waals surface area contributed by atoms with Gasteiger partial charge in [0.2, 0.25) is 5.91 Å². The zero-order chi connectivity index (χ0) is 25.8. The van der Waals surface area contributed by atoms with Gasteiger partial charge in [0.05, 0.1) is 0 Å². The summed E-state index contributed by atoms with van der Waals surface area (Å²) in [6, 6.07) is 18.5. The largest absolute Gasteiger partial charge is 0.456 e. The van der Waals surface area contributed by atoms with E-state index in [-0.39, 0.29) is 35.6 Å². The first-order chi connectivity index (χ1) is 17.9. The van der Waals surface area contributed by atoms with E-state index in [1.54, 1.807) is 6.07 Å². The van der Waals surface area contributed by atoms with Gasteiger partial charge in [0.15, 0.2) is 22.5 Å². The lowest BCUT2D eigenvalue weighted by Gasteiger charge is -2.12. The number of ether oxygens (including phenoxy) is 1. The first-order valence-electron chi connectivity index (χ1n) is 11.7. The van der Waals surface area contributed by atoms with Crippen molar-refractivity contribution in [1.82, 2.24) is 20.2 Å². The summed E-state index contributed by atoms with van der Waals surface area (Å²) in [4.78, 5) is 34.7. The summed E-state index contributed by atoms with van der Waals surface area (Å²) in [6.45, 7) is 1.95. The van der Waals surface area contributed by atoms with Crippen LogP contribution in [0.25, 0.3) is 0 Å². The fourth-order valence-corrected chi connectivity index (χ4v) is 4.20. The molecule has 0 atom stereocenters. The molecule has 0 unspecified atom stereocenters. The molecular formula is C26H25N7O3S. The minimum absolute atomic E-state index is 0.0449. The van der Waals surface area contributed by atoms with Crippen LogP contribution in [0.4, 0.5) is 23.0 Å². The SMILES string of the molecule is Cc1cc(Nc2nc(Sc3ccc(NC(=O)C4CC4)cc3)nc(C(=O)OCc3ccccc3)c2N)n[nH]1. The van der Waals surface area contributed by atoms with E-state index in [2.05, 4.69) is 30.8 Å². The molecule has 1 aliphatic carbocycles. The lowest BCUT2D eigenvalue weighted by molar-refractivity contribution is -0.117. The Hall–Kier alpha value is -4.38. The van der Waals surface area contributed by atoms with Crippen molar-refractivity contribution in [2.24, 2.45) is 5.92 Å². The van der Waals surface area contributed by atoms with Crippen molar-refractivity contribution in [3.8, 4) is 0 Å². The number of aryl methyl sites for hydroxylation is 1. The van der Waals surface area contributed by atoms with Crippen molar-refractivity contribution in [3.05, 3.63) is 77.6 Å². The highest BCUT2D eigenvalue weighted by atomic mass is 32.2. The number of benzene rings is 2. The van der Waals surface area contributed by atoms with Crippen LogP contribution in [-0.4, -0.2) is 32.0 Å². The number of nitrogens with zero attached hydrogens (tertiary/aromatic N) is 3. The highest BCUT2D eigenvalue weighted by Gasteiger charge is 2.29. The second-order valence-electron chi connectivity index (χ2n) is 8.63. The maximum atomic E-state index is 13.0. The van der Waals surface area contributed by atoms with Crippen molar-refractivity contribution >= 4 is 46.6 Å². The quantitative estimate of drug-likeness (QED) is 0.184. The van der Waals surface area contributed by atoms with Gasteiger partial charge in [-0.15, -0.1) is 0 Å². The minimum atomic E-state index is -0.662. The maximum absolute atomic E-state index is 13.0. The summed E-state index contributed by atoms with van der Waals surface area (Å²) in [5.74, 6) is 0.249. The highest BCUT2D eigenvalue weighted by molar-refractivity contribution is 7.99. The average molecular weight is 516 g/mol. The Morgan fingerprint density at radius 1 is 1.11 bits per heavy atom. The number of aromatic amines is 1. The van der Waals surface area contributed by atoms with Gasteiger partial charge < -0.3 is 21.1 Å². The normalized spacial score (nSPS) is 12.7. The maximum Gasteiger partial charge on any atom is 0.359 e. The number of aromatic nitrogens is 4. The van der Waals surface area contributed by atoms with Gasteiger partial charge >= 0.3 is 5.97 Å². The fraction of sp³-hybridized carbons (Fsp3) is 0.192. The molecule has 0 aliphatic heterocycles. The van der Waals surface area contributed by atoms with E-state index in [1.807, 2.05) is 61.5 Å². The van der Waals surface area contributed by atoms with Gasteiger partial charge in [0.25, 0.3) is 0 Å². The number of carbonyl (C=O) groups excluding carboxylic acids is 2. The predicted molar refractivity (Wildman–Crippen MR) is 141 cm³/mol. The second kappa shape index (κ2) is 10.7. The van der Waals surface area contributed by atoms with Crippen LogP contribution >= 0.6 is 11.8 Å². The van der Waals surface area contributed by atoms with E-state index in [1.165, 1.54) is 11.8 Å². The van der Waals surface area contributed by atoms with Crippen LogP contribution in [0.2, 0.25) is 0 Å². The molecule has 2 aromatic heterocycles. The lowest BCUT2D eigenvalue weighted by Crippen LogP contribution is -2.14. The molecule has 2 aromatic carbocycles. The Bertz CT molecular complexity index is 1420. The topological polar surface area (TPSA) is 148 Å². The van der Waals surface area contributed by atoms with Crippen molar-refractivity contribution in [3.63, 3.8) is 0 Å². The van der Waals surface area contributed by atoms with Crippen LogP contribution in [0.3, 0.4) is 0 Å². The molecule has 2 heterocycles. The Labute approximate surface area is 217 Å². The van der Waals surface area contributed by atoms with Crippen LogP contribution in [-0.2, 0) is 16.1 Å². The smallest absolute Gasteiger partial charge is 0.359 e. The molecule has 0 bridgehead atoms. The standard InChI is InChI=1S/C26H25N7O3S/c1-15-13-20(33-32-15)29-23-21(27)22(25(35)36-14-16-5-3-2-4-6-16)30-26(31-23)37-19-11-9-18(10-12-19)28-24(34)17-7-8-17/h2-6,9-13,17H,7-8,14,27H2,1H3,(H,28,34)(H2,29,30,31,32,33). The predicted octanol–water partition coefficient (Wildman–Crippen LogP) is 4.69. The third-order valence-electron chi connectivity index (χ3n) is 5.56. The van der Waals surface area contributed by atoms with E-state index in [4.69, 9.17) is 10.5 Å². The van der Waals surface area contributed by atoms with E-state index < -0.39 is 5.97 Å². The molecule has 10 nitrogen and oxygen atoms in total. The zero-order valence-corrected chi connectivity index (χ0v) is 20.8. The molecule has 4 aromatic rings. The number of carbonyl (C=O) groups is 2. The Morgan fingerprint density at radius 2 is 1.86 bits per heavy atom. The molecule has 1 amide bonds. The Kier molecular flexibility index (Phi) is 7.04. The number of nitrogens with two attached hydrogens (primary N) is 1. The third kappa shape index (κ3) is 6.25. The van der Waals surface area contributed by atoms with Crippen LogP contribution in [0.1, 0.15) is 34.6 Å². The zero-order valence-electron chi connectivity index (χ0n) is 20.0. The summed E-state index contributed by atoms with van der Waals surface area (Å²) in [5.41, 5.74) is 8.72. The number of anilines is 4. The van der Waals surface area contributed by atoms with Gasteiger partial charge in [-0.25, -0.2) is 14.8 Å². The van der Waals surface area contributed by atoms with E-state index in [0.717, 1.165) is 34.7 Å². The van der Waals surface area contributed by atoms with E-state index in [9.17, 15) is 9.59 Å². The number of rotatable bonds is 9. The van der Waals surface area contributed by atoms with Crippen LogP contribution < -0.4 is 16.4 Å². The molecule has 0 spiro atoms. The number of H-pyrrole nitrogens is 1. The van der Waals surface area contributed by atoms with Gasteiger partial charge in [-0.1, -0.05) is 30.3 Å². The van der Waals surface area contributed by atoms with Gasteiger partial charge in [-0.05, 0) is 61.4 Å². The number of esters is 1. The van der Waals surface area contributed by atoms with Gasteiger partial charge in [-0.2, -0.15) is 5.10 Å². The number of amides is 1. The van der Waals surface area contributed by atoms with Gasteiger partial charge in [0.1, 0.15) is 12.3 Å². The number of hydrogen-bond acceptors (Lipinski definition) is 9. The summed E-state index contributed by atoms with van der Waals surface area (Å²) in [7, 11) is 0. The molecule has 5 rings (SSSR count). The van der Waals surface area contributed by atoms with Crippen molar-refractivity contribution in [1.29, 1.82) is 0 Å². The third-order valence-corrected chi connectivity index (χ3v) is 6.44. The highest BCUT2D eigenvalue weighted by Crippen LogP contribution is 2.33. The van der Waals surface area contributed by atoms with Crippen LogP contribution in [0.15, 0.2) is 70.7 Å². The Balaban J connectivity index is 1.37. The number of nitrogens with one attached hydrogen (secondary N) is 3. The molecule has 1 saturated carbocycles.